The number of hydrogen-bond donors (Lipinski definition) is 0. The number of fused-ring (bicyclic) bond motifs is 6. The van der Waals surface area contributed by atoms with Crippen molar-refractivity contribution >= 4 is 33.5 Å². The quantitative estimate of drug-likeness (QED) is 0.120. The van der Waals surface area contributed by atoms with Gasteiger partial charge in [-0.05, 0) is 92.9 Å². The Morgan fingerprint density at radius 1 is 0.509 bits per heavy atom. The Morgan fingerprint density at radius 3 is 1.80 bits per heavy atom. The standard InChI is InChI=1S/C54H37N/c1-4-17-39(18-5-1)35-36-54(44-22-8-3-9-23-44)49-27-13-10-26-48(49)53-42(21-16-28-50(53)54)38-43(37-40-19-6-2-7-20-40)41-31-33-45(34-32-41)55-51-29-14-11-24-46(51)47-25-12-15-30-52(47)55/h1-34,37H,38H2/b43-37-. The first-order valence-corrected chi connectivity index (χ1v) is 19.0. The Kier molecular flexibility index (Phi) is 8.09. The first-order valence-electron chi connectivity index (χ1n) is 19.0. The largest absolute Gasteiger partial charge is 0.309 e. The molecule has 8 aromatic carbocycles. The number of rotatable bonds is 6. The van der Waals surface area contributed by atoms with E-state index in [1.807, 2.05) is 6.07 Å². The Labute approximate surface area is 322 Å². The Balaban J connectivity index is 1.13. The molecule has 0 fully saturated rings. The second kappa shape index (κ2) is 13.7. The van der Waals surface area contributed by atoms with Crippen LogP contribution in [0.25, 0.3) is 50.3 Å². The third-order valence-corrected chi connectivity index (χ3v) is 11.1. The average Bonchev–Trinajstić information content (AvgIpc) is 3.75. The maximum atomic E-state index is 3.87. The fourth-order valence-corrected chi connectivity index (χ4v) is 8.66. The average molecular weight is 700 g/mol. The van der Waals surface area contributed by atoms with Crippen LogP contribution in [-0.2, 0) is 11.8 Å². The van der Waals surface area contributed by atoms with Gasteiger partial charge >= 0.3 is 0 Å². The molecule has 1 heterocycles. The summed E-state index contributed by atoms with van der Waals surface area (Å²) in [4.78, 5) is 0. The highest BCUT2D eigenvalue weighted by atomic mass is 15.0. The molecule has 0 saturated heterocycles. The summed E-state index contributed by atoms with van der Waals surface area (Å²) in [6.45, 7) is 0. The van der Waals surface area contributed by atoms with Crippen LogP contribution in [-0.4, -0.2) is 4.57 Å². The van der Waals surface area contributed by atoms with Gasteiger partial charge in [-0.1, -0.05) is 188 Å². The van der Waals surface area contributed by atoms with Crippen LogP contribution in [0.3, 0.4) is 0 Å². The van der Waals surface area contributed by atoms with Gasteiger partial charge < -0.3 is 4.57 Å². The highest BCUT2D eigenvalue weighted by Crippen LogP contribution is 2.54. The second-order valence-electron chi connectivity index (χ2n) is 14.3. The Hall–Kier alpha value is -7.14. The van der Waals surface area contributed by atoms with Gasteiger partial charge in [-0.15, -0.1) is 0 Å². The zero-order valence-corrected chi connectivity index (χ0v) is 30.4. The van der Waals surface area contributed by atoms with Crippen molar-refractivity contribution in [2.45, 2.75) is 11.8 Å². The van der Waals surface area contributed by atoms with Crippen molar-refractivity contribution in [3.8, 4) is 28.7 Å². The molecule has 0 saturated carbocycles. The number of benzene rings is 8. The minimum absolute atomic E-state index is 0.619. The zero-order valence-electron chi connectivity index (χ0n) is 30.4. The molecule has 1 nitrogen and oxygen atoms in total. The van der Waals surface area contributed by atoms with Gasteiger partial charge in [0.2, 0.25) is 0 Å². The first kappa shape index (κ1) is 32.5. The van der Waals surface area contributed by atoms with Crippen molar-refractivity contribution in [3.05, 3.63) is 245 Å². The third-order valence-electron chi connectivity index (χ3n) is 11.1. The summed E-state index contributed by atoms with van der Waals surface area (Å²) >= 11 is 0. The van der Waals surface area contributed by atoms with Gasteiger partial charge in [-0.25, -0.2) is 0 Å². The molecule has 1 heteroatoms. The van der Waals surface area contributed by atoms with Gasteiger partial charge in [0.15, 0.2) is 0 Å². The van der Waals surface area contributed by atoms with Gasteiger partial charge in [0.1, 0.15) is 5.41 Å². The van der Waals surface area contributed by atoms with E-state index in [1.165, 1.54) is 71.9 Å². The lowest BCUT2D eigenvalue weighted by Gasteiger charge is -2.27. The van der Waals surface area contributed by atoms with Crippen LogP contribution in [0.1, 0.15) is 38.9 Å². The lowest BCUT2D eigenvalue weighted by Crippen LogP contribution is -2.25. The summed E-state index contributed by atoms with van der Waals surface area (Å²) in [6, 6.07) is 74.1. The molecule has 55 heavy (non-hydrogen) atoms. The molecule has 10 rings (SSSR count). The van der Waals surface area contributed by atoms with E-state index in [0.29, 0.717) is 0 Å². The predicted molar refractivity (Wildman–Crippen MR) is 230 cm³/mol. The third kappa shape index (κ3) is 5.59. The van der Waals surface area contributed by atoms with E-state index in [0.717, 1.165) is 17.7 Å². The molecule has 1 aliphatic carbocycles. The van der Waals surface area contributed by atoms with Crippen molar-refractivity contribution in [3.63, 3.8) is 0 Å². The van der Waals surface area contributed by atoms with Crippen molar-refractivity contribution in [1.82, 2.24) is 4.57 Å². The molecule has 9 aromatic rings. The zero-order chi connectivity index (χ0) is 36.6. The van der Waals surface area contributed by atoms with Crippen LogP contribution in [0.4, 0.5) is 0 Å². The van der Waals surface area contributed by atoms with E-state index >= 15 is 0 Å². The van der Waals surface area contributed by atoms with E-state index in [1.54, 1.807) is 0 Å². The summed E-state index contributed by atoms with van der Waals surface area (Å²) in [5.74, 6) is 7.47. The molecule has 0 bridgehead atoms. The monoisotopic (exact) mass is 699 g/mol. The number of hydrogen-bond acceptors (Lipinski definition) is 0. The van der Waals surface area contributed by atoms with E-state index in [-0.39, 0.29) is 0 Å². The summed E-state index contributed by atoms with van der Waals surface area (Å²) in [5.41, 5.74) is 15.1. The molecular formula is C54H37N. The molecule has 1 unspecified atom stereocenters. The SMILES string of the molecule is C(#CC1(c2ccccc2)c2ccccc2-c2c(C/C(=C/c3ccccc3)c3ccc(-n4c5ccccc5c5ccccc54)cc3)cccc21)c1ccccc1. The molecule has 258 valence electrons. The van der Waals surface area contributed by atoms with Crippen molar-refractivity contribution in [2.75, 3.05) is 0 Å². The van der Waals surface area contributed by atoms with Gasteiger partial charge in [0.05, 0.1) is 11.0 Å². The topological polar surface area (TPSA) is 4.93 Å². The normalized spacial score (nSPS) is 14.7. The minimum Gasteiger partial charge on any atom is -0.309 e. The molecule has 0 aliphatic heterocycles. The van der Waals surface area contributed by atoms with Crippen LogP contribution in [0.5, 0.6) is 0 Å². The molecular weight excluding hydrogens is 663 g/mol. The fourth-order valence-electron chi connectivity index (χ4n) is 8.66. The predicted octanol–water partition coefficient (Wildman–Crippen LogP) is 12.9. The molecule has 1 atom stereocenters. The summed E-state index contributed by atoms with van der Waals surface area (Å²) in [7, 11) is 0. The van der Waals surface area contributed by atoms with Crippen LogP contribution in [0, 0.1) is 11.8 Å². The molecule has 1 aliphatic rings. The summed E-state index contributed by atoms with van der Waals surface area (Å²) in [5, 5.41) is 2.54. The van der Waals surface area contributed by atoms with E-state index in [4.69, 9.17) is 0 Å². The lowest BCUT2D eigenvalue weighted by atomic mass is 9.72. The van der Waals surface area contributed by atoms with Crippen molar-refractivity contribution in [1.29, 1.82) is 0 Å². The Morgan fingerprint density at radius 2 is 1.09 bits per heavy atom. The van der Waals surface area contributed by atoms with Crippen molar-refractivity contribution < 1.29 is 0 Å². The van der Waals surface area contributed by atoms with Crippen LogP contribution in [0.15, 0.2) is 206 Å². The van der Waals surface area contributed by atoms with E-state index < -0.39 is 5.41 Å². The van der Waals surface area contributed by atoms with Gasteiger partial charge in [-0.3, -0.25) is 0 Å². The van der Waals surface area contributed by atoms with Crippen molar-refractivity contribution in [2.24, 2.45) is 0 Å². The summed E-state index contributed by atoms with van der Waals surface area (Å²) in [6.07, 6.45) is 3.12. The van der Waals surface area contributed by atoms with E-state index in [9.17, 15) is 0 Å². The van der Waals surface area contributed by atoms with E-state index in [2.05, 4.69) is 223 Å². The first-order chi connectivity index (χ1) is 27.3. The highest BCUT2D eigenvalue weighted by Gasteiger charge is 2.44. The van der Waals surface area contributed by atoms with Gasteiger partial charge in [0, 0.05) is 22.0 Å². The molecule has 1 aromatic heterocycles. The summed E-state index contributed by atoms with van der Waals surface area (Å²) < 4.78 is 2.38. The van der Waals surface area contributed by atoms with Crippen LogP contribution in [0.2, 0.25) is 0 Å². The van der Waals surface area contributed by atoms with Gasteiger partial charge in [-0.2, -0.15) is 0 Å². The number of allylic oxidation sites excluding steroid dienone is 1. The molecule has 0 amide bonds. The van der Waals surface area contributed by atoms with Crippen LogP contribution < -0.4 is 0 Å². The lowest BCUT2D eigenvalue weighted by molar-refractivity contribution is 0.836. The number of nitrogens with zero attached hydrogens (tertiary/aromatic N) is 1. The second-order valence-corrected chi connectivity index (χ2v) is 14.3. The number of para-hydroxylation sites is 2. The van der Waals surface area contributed by atoms with Gasteiger partial charge in [0.25, 0.3) is 0 Å². The smallest absolute Gasteiger partial charge is 0.108 e. The fraction of sp³-hybridized carbons (Fsp3) is 0.0370. The maximum Gasteiger partial charge on any atom is 0.108 e. The molecule has 0 spiro atoms. The maximum absolute atomic E-state index is 3.87. The highest BCUT2D eigenvalue weighted by molar-refractivity contribution is 6.09. The minimum atomic E-state index is -0.619. The molecule has 0 N–H and O–H groups in total. The molecule has 0 radical (unpaired) electrons. The van der Waals surface area contributed by atoms with Crippen LogP contribution >= 0.6 is 0 Å². The Bertz CT molecular complexity index is 2870. The number of aromatic nitrogens is 1.